The van der Waals surface area contributed by atoms with Gasteiger partial charge in [0.2, 0.25) is 10.0 Å². The number of H-pyrrole nitrogens is 1. The van der Waals surface area contributed by atoms with Crippen LogP contribution in [0.2, 0.25) is 5.02 Å². The lowest BCUT2D eigenvalue weighted by Crippen LogP contribution is -2.48. The first-order valence-electron chi connectivity index (χ1n) is 5.61. The second-order valence-corrected chi connectivity index (χ2v) is 7.22. The van der Waals surface area contributed by atoms with Crippen molar-refractivity contribution in [2.45, 2.75) is 24.3 Å². The van der Waals surface area contributed by atoms with Crippen molar-refractivity contribution < 1.29 is 8.42 Å². The van der Waals surface area contributed by atoms with E-state index in [4.69, 9.17) is 11.6 Å². The van der Waals surface area contributed by atoms with Crippen LogP contribution in [0.3, 0.4) is 0 Å². The minimum atomic E-state index is -3.70. The number of rotatable bonds is 5. The monoisotopic (exact) mass is 307 g/mol. The van der Waals surface area contributed by atoms with Crippen molar-refractivity contribution in [3.63, 3.8) is 0 Å². The second kappa shape index (κ2) is 5.62. The van der Waals surface area contributed by atoms with Crippen molar-refractivity contribution in [3.05, 3.63) is 27.6 Å². The number of likely N-dealkylation sites (N-methyl/N-ethyl adjacent to an activating group) is 1. The fraction of sp³-hybridized carbons (Fsp3) is 0.545. The Kier molecular flexibility index (Phi) is 4.78. The van der Waals surface area contributed by atoms with Gasteiger partial charge in [0.25, 0.3) is 5.56 Å². The molecule has 0 fully saturated rings. The van der Waals surface area contributed by atoms with Crippen molar-refractivity contribution >= 4 is 21.6 Å². The molecule has 1 aromatic heterocycles. The molecule has 1 aromatic rings. The van der Waals surface area contributed by atoms with Crippen LogP contribution < -0.4 is 10.3 Å². The standard InChI is InChI=1S/C11H18ClN3O3S/c1-11(2,15(3)4)7-14-19(17,18)8-5-9(12)10(16)13-6-8/h5-6,14H,7H2,1-4H3,(H,13,16). The summed E-state index contributed by atoms with van der Waals surface area (Å²) >= 11 is 5.62. The summed E-state index contributed by atoms with van der Waals surface area (Å²) in [5, 5.41) is -0.158. The predicted molar refractivity (Wildman–Crippen MR) is 75.0 cm³/mol. The van der Waals surface area contributed by atoms with E-state index < -0.39 is 15.6 Å². The van der Waals surface area contributed by atoms with Gasteiger partial charge >= 0.3 is 0 Å². The maximum atomic E-state index is 12.1. The van der Waals surface area contributed by atoms with E-state index in [-0.39, 0.29) is 22.0 Å². The highest BCUT2D eigenvalue weighted by Crippen LogP contribution is 2.13. The molecule has 0 aliphatic carbocycles. The van der Waals surface area contributed by atoms with Crippen LogP contribution in [0.4, 0.5) is 0 Å². The number of hydrogen-bond donors (Lipinski definition) is 2. The molecule has 0 aliphatic heterocycles. The zero-order valence-corrected chi connectivity index (χ0v) is 12.9. The molecule has 0 saturated carbocycles. The Labute approximate surface area is 117 Å². The van der Waals surface area contributed by atoms with Gasteiger partial charge in [-0.2, -0.15) is 0 Å². The van der Waals surface area contributed by atoms with Gasteiger partial charge in [-0.05, 0) is 34.0 Å². The summed E-state index contributed by atoms with van der Waals surface area (Å²) in [5.41, 5.74) is -0.853. The lowest BCUT2D eigenvalue weighted by Gasteiger charge is -2.32. The number of nitrogens with one attached hydrogen (secondary N) is 2. The Morgan fingerprint density at radius 3 is 2.47 bits per heavy atom. The van der Waals surface area contributed by atoms with E-state index in [0.717, 1.165) is 12.3 Å². The van der Waals surface area contributed by atoms with Crippen molar-refractivity contribution in [2.24, 2.45) is 0 Å². The summed E-state index contributed by atoms with van der Waals surface area (Å²) in [6.45, 7) is 4.06. The molecule has 0 radical (unpaired) electrons. The molecule has 8 heteroatoms. The Balaban J connectivity index is 2.93. The van der Waals surface area contributed by atoms with Gasteiger partial charge in [-0.1, -0.05) is 11.6 Å². The molecule has 0 aromatic carbocycles. The molecule has 19 heavy (non-hydrogen) atoms. The maximum Gasteiger partial charge on any atom is 0.266 e. The Bertz CT molecular complexity index is 608. The van der Waals surface area contributed by atoms with E-state index in [2.05, 4.69) is 9.71 Å². The second-order valence-electron chi connectivity index (χ2n) is 5.04. The largest absolute Gasteiger partial charge is 0.326 e. The van der Waals surface area contributed by atoms with E-state index in [1.807, 2.05) is 32.8 Å². The van der Waals surface area contributed by atoms with Crippen molar-refractivity contribution in [1.82, 2.24) is 14.6 Å². The SMILES string of the molecule is CN(C)C(C)(C)CNS(=O)(=O)c1c[nH]c(=O)c(Cl)c1. The molecule has 0 unspecified atom stereocenters. The number of hydrogen-bond acceptors (Lipinski definition) is 4. The van der Waals surface area contributed by atoms with Crippen LogP contribution in [0.1, 0.15) is 13.8 Å². The summed E-state index contributed by atoms with van der Waals surface area (Å²) in [6, 6.07) is 1.13. The number of pyridine rings is 1. The van der Waals surface area contributed by atoms with Gasteiger partial charge in [0.05, 0.1) is 4.90 Å². The molecule has 0 amide bonds. The van der Waals surface area contributed by atoms with Crippen LogP contribution in [0.25, 0.3) is 0 Å². The van der Waals surface area contributed by atoms with Crippen LogP contribution >= 0.6 is 11.6 Å². The first kappa shape index (κ1) is 16.2. The Morgan fingerprint density at radius 2 is 2.00 bits per heavy atom. The number of nitrogens with zero attached hydrogens (tertiary/aromatic N) is 1. The quantitative estimate of drug-likeness (QED) is 0.836. The summed E-state index contributed by atoms with van der Waals surface area (Å²) in [4.78, 5) is 15.2. The number of aromatic nitrogens is 1. The van der Waals surface area contributed by atoms with Crippen LogP contribution in [0.15, 0.2) is 22.0 Å². The fourth-order valence-electron chi connectivity index (χ4n) is 1.11. The molecule has 1 heterocycles. The van der Waals surface area contributed by atoms with E-state index >= 15 is 0 Å². The Hall–Kier alpha value is -0.890. The van der Waals surface area contributed by atoms with Gasteiger partial charge in [0.15, 0.2) is 0 Å². The van der Waals surface area contributed by atoms with Crippen LogP contribution in [0.5, 0.6) is 0 Å². The molecule has 108 valence electrons. The number of sulfonamides is 1. The topological polar surface area (TPSA) is 82.3 Å². The van der Waals surface area contributed by atoms with Gasteiger partial charge < -0.3 is 9.88 Å². The highest BCUT2D eigenvalue weighted by Gasteiger charge is 2.24. The van der Waals surface area contributed by atoms with Gasteiger partial charge in [0, 0.05) is 18.3 Å². The molecule has 0 aliphatic rings. The molecular formula is C11H18ClN3O3S. The zero-order chi connectivity index (χ0) is 14.8. The van der Waals surface area contributed by atoms with Gasteiger partial charge in [-0.15, -0.1) is 0 Å². The van der Waals surface area contributed by atoms with E-state index in [1.165, 1.54) is 0 Å². The average molecular weight is 308 g/mol. The molecule has 0 atom stereocenters. The lowest BCUT2D eigenvalue weighted by atomic mass is 10.1. The highest BCUT2D eigenvalue weighted by molar-refractivity contribution is 7.89. The van der Waals surface area contributed by atoms with Crippen LogP contribution in [0, 0.1) is 0 Å². The zero-order valence-electron chi connectivity index (χ0n) is 11.3. The van der Waals surface area contributed by atoms with E-state index in [9.17, 15) is 13.2 Å². The van der Waals surface area contributed by atoms with Crippen molar-refractivity contribution in [2.75, 3.05) is 20.6 Å². The molecule has 0 spiro atoms. The number of aromatic amines is 1. The molecular weight excluding hydrogens is 290 g/mol. The van der Waals surface area contributed by atoms with Crippen LogP contribution in [-0.2, 0) is 10.0 Å². The number of halogens is 1. The first-order chi connectivity index (χ1) is 8.56. The summed E-state index contributed by atoms with van der Waals surface area (Å²) in [6.07, 6.45) is 1.12. The third kappa shape index (κ3) is 4.04. The molecule has 0 saturated heterocycles. The van der Waals surface area contributed by atoms with Crippen molar-refractivity contribution in [1.29, 1.82) is 0 Å². The first-order valence-corrected chi connectivity index (χ1v) is 7.48. The normalized spacial score (nSPS) is 12.9. The summed E-state index contributed by atoms with van der Waals surface area (Å²) < 4.78 is 26.6. The van der Waals surface area contributed by atoms with Gasteiger partial charge in [-0.25, -0.2) is 13.1 Å². The Morgan fingerprint density at radius 1 is 1.42 bits per heavy atom. The third-order valence-corrected chi connectivity index (χ3v) is 4.71. The minimum Gasteiger partial charge on any atom is -0.326 e. The predicted octanol–water partition coefficient (Wildman–Crippen LogP) is 0.647. The summed E-state index contributed by atoms with van der Waals surface area (Å²) in [5.74, 6) is 0. The highest BCUT2D eigenvalue weighted by atomic mass is 35.5. The summed E-state index contributed by atoms with van der Waals surface area (Å²) in [7, 11) is 0.0350. The minimum absolute atomic E-state index is 0.0633. The van der Waals surface area contributed by atoms with Crippen LogP contribution in [-0.4, -0.2) is 44.5 Å². The van der Waals surface area contributed by atoms with Crippen molar-refractivity contribution in [3.8, 4) is 0 Å². The fourth-order valence-corrected chi connectivity index (χ4v) is 2.54. The third-order valence-electron chi connectivity index (χ3n) is 3.05. The molecule has 2 N–H and O–H groups in total. The van der Waals surface area contributed by atoms with E-state index in [1.54, 1.807) is 0 Å². The smallest absolute Gasteiger partial charge is 0.266 e. The molecule has 1 rings (SSSR count). The van der Waals surface area contributed by atoms with Gasteiger partial charge in [-0.3, -0.25) is 4.79 Å². The van der Waals surface area contributed by atoms with Gasteiger partial charge in [0.1, 0.15) is 5.02 Å². The average Bonchev–Trinajstić information content (AvgIpc) is 2.30. The molecule has 0 bridgehead atoms. The lowest BCUT2D eigenvalue weighted by molar-refractivity contribution is 0.199. The maximum absolute atomic E-state index is 12.1. The molecule has 6 nitrogen and oxygen atoms in total. The van der Waals surface area contributed by atoms with E-state index in [0.29, 0.717) is 0 Å².